The number of nitrogens with one attached hydrogen (secondary N) is 2. The van der Waals surface area contributed by atoms with Gasteiger partial charge in [0.05, 0.1) is 5.69 Å². The number of rotatable bonds is 6. The van der Waals surface area contributed by atoms with Crippen LogP contribution in [-0.4, -0.2) is 28.1 Å². The minimum atomic E-state index is -0.865. The van der Waals surface area contributed by atoms with E-state index in [0.29, 0.717) is 17.5 Å². The summed E-state index contributed by atoms with van der Waals surface area (Å²) in [6, 6.07) is -0.553. The molecule has 0 aliphatic carbocycles. The summed E-state index contributed by atoms with van der Waals surface area (Å²) >= 11 is 1.37. The van der Waals surface area contributed by atoms with Crippen LogP contribution in [0.4, 0.5) is 9.93 Å². The Balaban J connectivity index is 2.39. The fourth-order valence-electron chi connectivity index (χ4n) is 1.38. The number of carboxylic acids is 1. The average molecular weight is 285 g/mol. The Morgan fingerprint density at radius 2 is 2.11 bits per heavy atom. The zero-order chi connectivity index (χ0) is 14.4. The van der Waals surface area contributed by atoms with Gasteiger partial charge in [0.25, 0.3) is 0 Å². The Hall–Kier alpha value is -1.63. The molecule has 3 N–H and O–H groups in total. The molecule has 1 aromatic rings. The van der Waals surface area contributed by atoms with Crippen LogP contribution in [0.1, 0.15) is 45.2 Å². The van der Waals surface area contributed by atoms with Crippen molar-refractivity contribution in [3.63, 3.8) is 0 Å². The van der Waals surface area contributed by atoms with E-state index in [9.17, 15) is 9.59 Å². The van der Waals surface area contributed by atoms with E-state index in [4.69, 9.17) is 5.11 Å². The topological polar surface area (TPSA) is 91.3 Å². The van der Waals surface area contributed by atoms with E-state index >= 15 is 0 Å². The van der Waals surface area contributed by atoms with Gasteiger partial charge in [-0.25, -0.2) is 9.78 Å². The third-order valence-electron chi connectivity index (χ3n) is 2.50. The number of nitrogens with zero attached hydrogens (tertiary/aromatic N) is 1. The van der Waals surface area contributed by atoms with Crippen molar-refractivity contribution in [2.45, 2.75) is 45.6 Å². The van der Waals surface area contributed by atoms with Crippen LogP contribution in [0.15, 0.2) is 5.38 Å². The maximum Gasteiger partial charge on any atom is 0.321 e. The first kappa shape index (κ1) is 15.4. The second-order valence-corrected chi connectivity index (χ2v) is 5.52. The fraction of sp³-hybridized carbons (Fsp3) is 0.583. The van der Waals surface area contributed by atoms with Gasteiger partial charge in [-0.1, -0.05) is 13.8 Å². The summed E-state index contributed by atoms with van der Waals surface area (Å²) in [4.78, 5) is 26.3. The van der Waals surface area contributed by atoms with Gasteiger partial charge in [0, 0.05) is 17.8 Å². The highest BCUT2D eigenvalue weighted by atomic mass is 32.1. The smallest absolute Gasteiger partial charge is 0.321 e. The average Bonchev–Trinajstić information content (AvgIpc) is 2.74. The Labute approximate surface area is 116 Å². The molecule has 0 aromatic carbocycles. The maximum absolute atomic E-state index is 11.6. The highest BCUT2D eigenvalue weighted by molar-refractivity contribution is 7.13. The summed E-state index contributed by atoms with van der Waals surface area (Å²) in [5.74, 6) is -0.542. The minimum Gasteiger partial charge on any atom is -0.481 e. The van der Waals surface area contributed by atoms with Gasteiger partial charge >= 0.3 is 12.0 Å². The van der Waals surface area contributed by atoms with Crippen LogP contribution in [0.2, 0.25) is 0 Å². The van der Waals surface area contributed by atoms with Crippen LogP contribution in [0.25, 0.3) is 0 Å². The van der Waals surface area contributed by atoms with E-state index in [-0.39, 0.29) is 18.5 Å². The van der Waals surface area contributed by atoms with Gasteiger partial charge in [-0.3, -0.25) is 10.1 Å². The van der Waals surface area contributed by atoms with E-state index in [1.807, 2.05) is 19.2 Å². The molecule has 0 radical (unpaired) electrons. The molecule has 19 heavy (non-hydrogen) atoms. The molecule has 1 atom stereocenters. The molecule has 1 heterocycles. The largest absolute Gasteiger partial charge is 0.481 e. The van der Waals surface area contributed by atoms with E-state index < -0.39 is 5.97 Å². The Morgan fingerprint density at radius 1 is 1.42 bits per heavy atom. The number of thiazole rings is 1. The van der Waals surface area contributed by atoms with E-state index in [0.717, 1.165) is 5.69 Å². The molecular formula is C12H19N3O3S. The van der Waals surface area contributed by atoms with Crippen LogP contribution in [0.5, 0.6) is 0 Å². The van der Waals surface area contributed by atoms with Gasteiger partial charge in [-0.2, -0.15) is 0 Å². The van der Waals surface area contributed by atoms with Crippen LogP contribution < -0.4 is 10.6 Å². The van der Waals surface area contributed by atoms with Crippen LogP contribution in [0, 0.1) is 0 Å². The molecule has 1 aromatic heterocycles. The predicted octanol–water partition coefficient (Wildman–Crippen LogP) is 2.64. The fourth-order valence-corrected chi connectivity index (χ4v) is 2.24. The number of aromatic nitrogens is 1. The molecule has 1 rings (SSSR count). The molecule has 0 saturated heterocycles. The van der Waals surface area contributed by atoms with E-state index in [2.05, 4.69) is 15.6 Å². The number of carbonyl (C=O) groups excluding carboxylic acids is 1. The second-order valence-electron chi connectivity index (χ2n) is 4.66. The molecule has 0 aliphatic heterocycles. The third-order valence-corrected chi connectivity index (χ3v) is 3.28. The lowest BCUT2D eigenvalue weighted by Crippen LogP contribution is -2.36. The summed E-state index contributed by atoms with van der Waals surface area (Å²) in [5.41, 5.74) is 0.944. The van der Waals surface area contributed by atoms with Gasteiger partial charge in [-0.15, -0.1) is 11.3 Å². The Bertz CT molecular complexity index is 445. The van der Waals surface area contributed by atoms with Gasteiger partial charge in [-0.05, 0) is 19.3 Å². The summed E-state index contributed by atoms with van der Waals surface area (Å²) in [5, 5.41) is 16.3. The number of urea groups is 1. The molecule has 0 aliphatic rings. The molecule has 7 heteroatoms. The van der Waals surface area contributed by atoms with Crippen molar-refractivity contribution >= 4 is 28.5 Å². The lowest BCUT2D eigenvalue weighted by atomic mass is 10.2. The summed E-state index contributed by atoms with van der Waals surface area (Å²) in [6.45, 7) is 5.84. The zero-order valence-corrected chi connectivity index (χ0v) is 12.1. The van der Waals surface area contributed by atoms with Crippen molar-refractivity contribution in [3.05, 3.63) is 11.1 Å². The van der Waals surface area contributed by atoms with Crippen molar-refractivity contribution < 1.29 is 14.7 Å². The first-order chi connectivity index (χ1) is 8.88. The lowest BCUT2D eigenvalue weighted by Gasteiger charge is -2.12. The molecule has 1 unspecified atom stereocenters. The first-order valence-electron chi connectivity index (χ1n) is 6.13. The normalized spacial score (nSPS) is 12.2. The number of aliphatic carboxylic acids is 1. The molecule has 106 valence electrons. The van der Waals surface area contributed by atoms with Crippen molar-refractivity contribution in [3.8, 4) is 0 Å². The Kier molecular flexibility index (Phi) is 5.75. The zero-order valence-electron chi connectivity index (χ0n) is 11.3. The molecular weight excluding hydrogens is 266 g/mol. The van der Waals surface area contributed by atoms with E-state index in [1.54, 1.807) is 6.92 Å². The number of carboxylic acid groups (broad SMARTS) is 1. The highest BCUT2D eigenvalue weighted by Gasteiger charge is 2.11. The summed E-state index contributed by atoms with van der Waals surface area (Å²) in [7, 11) is 0. The van der Waals surface area contributed by atoms with E-state index in [1.165, 1.54) is 11.3 Å². The molecule has 0 spiro atoms. The predicted molar refractivity (Wildman–Crippen MR) is 74.7 cm³/mol. The molecule has 2 amide bonds. The molecule has 0 saturated carbocycles. The molecule has 0 fully saturated rings. The van der Waals surface area contributed by atoms with Crippen LogP contribution in [-0.2, 0) is 4.79 Å². The Morgan fingerprint density at radius 3 is 2.63 bits per heavy atom. The van der Waals surface area contributed by atoms with Crippen molar-refractivity contribution in [2.24, 2.45) is 0 Å². The SMILES string of the molecule is CC(CCC(=O)O)NC(=O)Nc1nc(C(C)C)cs1. The van der Waals surface area contributed by atoms with Crippen LogP contribution >= 0.6 is 11.3 Å². The monoisotopic (exact) mass is 285 g/mol. The van der Waals surface area contributed by atoms with Gasteiger partial charge in [0.2, 0.25) is 0 Å². The number of carbonyl (C=O) groups is 2. The maximum atomic E-state index is 11.6. The number of hydrogen-bond donors (Lipinski definition) is 3. The number of amides is 2. The highest BCUT2D eigenvalue weighted by Crippen LogP contribution is 2.21. The van der Waals surface area contributed by atoms with Gasteiger partial charge in [0.1, 0.15) is 0 Å². The van der Waals surface area contributed by atoms with Crippen molar-refractivity contribution in [1.82, 2.24) is 10.3 Å². The summed E-state index contributed by atoms with van der Waals surface area (Å²) in [6.07, 6.45) is 0.439. The molecule has 6 nitrogen and oxygen atoms in total. The quantitative estimate of drug-likeness (QED) is 0.749. The lowest BCUT2D eigenvalue weighted by molar-refractivity contribution is -0.137. The molecule has 0 bridgehead atoms. The van der Waals surface area contributed by atoms with Gasteiger partial charge < -0.3 is 10.4 Å². The standard InChI is InChI=1S/C12H19N3O3S/c1-7(2)9-6-19-12(14-9)15-11(18)13-8(3)4-5-10(16)17/h6-8H,4-5H2,1-3H3,(H,16,17)(H2,13,14,15,18). The van der Waals surface area contributed by atoms with Crippen LogP contribution in [0.3, 0.4) is 0 Å². The van der Waals surface area contributed by atoms with Gasteiger partial charge in [0.15, 0.2) is 5.13 Å². The van der Waals surface area contributed by atoms with Crippen molar-refractivity contribution in [2.75, 3.05) is 5.32 Å². The summed E-state index contributed by atoms with van der Waals surface area (Å²) < 4.78 is 0. The second kappa shape index (κ2) is 7.08. The minimum absolute atomic E-state index is 0.0379. The van der Waals surface area contributed by atoms with Crippen molar-refractivity contribution in [1.29, 1.82) is 0 Å². The first-order valence-corrected chi connectivity index (χ1v) is 7.01. The number of anilines is 1. The number of hydrogen-bond acceptors (Lipinski definition) is 4. The third kappa shape index (κ3) is 5.69.